The molecule has 0 aromatic carbocycles. The van der Waals surface area contributed by atoms with Gasteiger partial charge in [0.05, 0.1) is 0 Å². The highest BCUT2D eigenvalue weighted by Crippen LogP contribution is 2.30. The molecule has 14 heavy (non-hydrogen) atoms. The first-order chi connectivity index (χ1) is 6.48. The van der Waals surface area contributed by atoms with Crippen LogP contribution in [-0.2, 0) is 6.54 Å². The van der Waals surface area contributed by atoms with Crippen molar-refractivity contribution in [1.82, 2.24) is 0 Å². The van der Waals surface area contributed by atoms with Crippen molar-refractivity contribution in [3.63, 3.8) is 0 Å². The fraction of sp³-hybridized carbons (Fsp3) is 0.417. The van der Waals surface area contributed by atoms with Gasteiger partial charge in [-0.3, -0.25) is 0 Å². The van der Waals surface area contributed by atoms with E-state index in [2.05, 4.69) is 20.8 Å². The van der Waals surface area contributed by atoms with Gasteiger partial charge in [-0.2, -0.15) is 8.96 Å². The summed E-state index contributed by atoms with van der Waals surface area (Å²) in [5.41, 5.74) is 2.11. The Morgan fingerprint density at radius 1 is 1.36 bits per heavy atom. The van der Waals surface area contributed by atoms with E-state index < -0.39 is 0 Å². The van der Waals surface area contributed by atoms with Gasteiger partial charge in [-0.25, -0.2) is 0 Å². The summed E-state index contributed by atoms with van der Waals surface area (Å²) < 4.78 is 15.3. The molecule has 0 amide bonds. The molecule has 0 bridgehead atoms. The van der Waals surface area contributed by atoms with Crippen LogP contribution in [0.4, 0.5) is 4.39 Å². The van der Waals surface area contributed by atoms with E-state index in [1.807, 2.05) is 16.8 Å². The summed E-state index contributed by atoms with van der Waals surface area (Å²) in [6, 6.07) is 3.26. The van der Waals surface area contributed by atoms with E-state index in [0.29, 0.717) is 5.69 Å². The summed E-state index contributed by atoms with van der Waals surface area (Å²) in [5, 5.41) is 0. The normalized spacial score (nSPS) is 15.3. The Kier molecular flexibility index (Phi) is 1.95. The van der Waals surface area contributed by atoms with Crippen LogP contribution in [0.2, 0.25) is 0 Å². The summed E-state index contributed by atoms with van der Waals surface area (Å²) >= 11 is 0. The van der Waals surface area contributed by atoms with Crippen LogP contribution in [0.15, 0.2) is 23.9 Å². The Hall–Kier alpha value is -1.18. The first kappa shape index (κ1) is 9.38. The van der Waals surface area contributed by atoms with Gasteiger partial charge in [-0.15, -0.1) is 0 Å². The summed E-state index contributed by atoms with van der Waals surface area (Å²) in [5.74, 6) is -0.133. The predicted octanol–water partition coefficient (Wildman–Crippen LogP) is 2.56. The smallest absolute Gasteiger partial charge is 0.200 e. The first-order valence-corrected chi connectivity index (χ1v) is 4.87. The molecule has 0 radical (unpaired) electrons. The molecule has 0 unspecified atom stereocenters. The van der Waals surface area contributed by atoms with Crippen molar-refractivity contribution < 1.29 is 8.96 Å². The van der Waals surface area contributed by atoms with E-state index in [1.165, 1.54) is 11.6 Å². The number of allylic oxidation sites excluding steroid dienone is 1. The molecule has 1 aliphatic heterocycles. The largest absolute Gasteiger partial charge is 0.241 e. The van der Waals surface area contributed by atoms with Crippen LogP contribution < -0.4 is 4.57 Å². The highest BCUT2D eigenvalue weighted by Gasteiger charge is 2.29. The molecule has 0 atom stereocenters. The maximum absolute atomic E-state index is 13.4. The molecule has 0 fully saturated rings. The van der Waals surface area contributed by atoms with Gasteiger partial charge >= 0.3 is 0 Å². The molecule has 2 heteroatoms. The Balaban J connectivity index is 2.45. The lowest BCUT2D eigenvalue weighted by Gasteiger charge is -2.16. The lowest BCUT2D eigenvalue weighted by atomic mass is 9.87. The van der Waals surface area contributed by atoms with Gasteiger partial charge in [0, 0.05) is 17.7 Å². The third-order valence-electron chi connectivity index (χ3n) is 2.68. The summed E-state index contributed by atoms with van der Waals surface area (Å²) in [7, 11) is 0. The average Bonchev–Trinajstić information content (AvgIpc) is 2.48. The molecule has 1 aromatic heterocycles. The molecule has 1 aromatic rings. The zero-order valence-electron chi connectivity index (χ0n) is 8.84. The van der Waals surface area contributed by atoms with Crippen molar-refractivity contribution in [3.8, 4) is 0 Å². The van der Waals surface area contributed by atoms with E-state index >= 15 is 0 Å². The monoisotopic (exact) mass is 192 g/mol. The van der Waals surface area contributed by atoms with Gasteiger partial charge in [0.2, 0.25) is 5.69 Å². The summed E-state index contributed by atoms with van der Waals surface area (Å²) in [4.78, 5) is 0. The number of halogens is 1. The van der Waals surface area contributed by atoms with Crippen molar-refractivity contribution in [2.75, 3.05) is 0 Å². The lowest BCUT2D eigenvalue weighted by molar-refractivity contribution is -0.688. The fourth-order valence-electron chi connectivity index (χ4n) is 1.67. The number of nitrogens with zero attached hydrogens (tertiary/aromatic N) is 1. The fourth-order valence-corrected chi connectivity index (χ4v) is 1.67. The molecule has 2 heterocycles. The molecule has 1 aliphatic rings. The maximum atomic E-state index is 13.4. The molecule has 0 spiro atoms. The number of rotatable bonds is 0. The highest BCUT2D eigenvalue weighted by molar-refractivity contribution is 5.50. The van der Waals surface area contributed by atoms with Crippen molar-refractivity contribution in [2.45, 2.75) is 27.3 Å². The second-order valence-electron chi connectivity index (χ2n) is 4.79. The second-order valence-corrected chi connectivity index (χ2v) is 4.79. The summed E-state index contributed by atoms with van der Waals surface area (Å²) in [6.45, 7) is 7.28. The maximum Gasteiger partial charge on any atom is 0.241 e. The van der Waals surface area contributed by atoms with Crippen molar-refractivity contribution in [1.29, 1.82) is 0 Å². The SMILES string of the molecule is CC(C)(C)C1=Cc2c(F)ccc[n+]2C1. The molecular formula is C12H15FN+. The number of hydrogen-bond acceptors (Lipinski definition) is 0. The van der Waals surface area contributed by atoms with Crippen molar-refractivity contribution in [3.05, 3.63) is 35.4 Å². The van der Waals surface area contributed by atoms with Crippen LogP contribution in [0.5, 0.6) is 0 Å². The third kappa shape index (κ3) is 1.45. The van der Waals surface area contributed by atoms with Crippen LogP contribution in [0.25, 0.3) is 6.08 Å². The first-order valence-electron chi connectivity index (χ1n) is 4.87. The Bertz CT molecular complexity index is 399. The van der Waals surface area contributed by atoms with Crippen molar-refractivity contribution in [2.24, 2.45) is 5.41 Å². The molecular weight excluding hydrogens is 177 g/mol. The number of pyridine rings is 1. The van der Waals surface area contributed by atoms with Crippen molar-refractivity contribution >= 4 is 6.08 Å². The molecule has 1 nitrogen and oxygen atoms in total. The van der Waals surface area contributed by atoms with E-state index in [9.17, 15) is 4.39 Å². The number of aromatic nitrogens is 1. The zero-order valence-corrected chi connectivity index (χ0v) is 8.84. The van der Waals surface area contributed by atoms with Crippen LogP contribution in [0.3, 0.4) is 0 Å². The van der Waals surface area contributed by atoms with E-state index in [-0.39, 0.29) is 11.2 Å². The number of hydrogen-bond donors (Lipinski definition) is 0. The lowest BCUT2D eigenvalue weighted by Crippen LogP contribution is -2.35. The standard InChI is InChI=1S/C12H15FN/c1-12(2,3)9-7-11-10(13)5-4-6-14(11)8-9/h4-7H,8H2,1-3H3/q+1. The van der Waals surface area contributed by atoms with Gasteiger partial charge < -0.3 is 0 Å². The van der Waals surface area contributed by atoms with Gasteiger partial charge in [0.25, 0.3) is 0 Å². The van der Waals surface area contributed by atoms with Gasteiger partial charge in [-0.1, -0.05) is 20.8 Å². The Morgan fingerprint density at radius 3 is 2.64 bits per heavy atom. The van der Waals surface area contributed by atoms with Crippen LogP contribution in [0, 0.1) is 11.2 Å². The molecule has 0 saturated carbocycles. The summed E-state index contributed by atoms with van der Waals surface area (Å²) in [6.07, 6.45) is 3.89. The molecule has 0 N–H and O–H groups in total. The Labute approximate surface area is 83.9 Å². The minimum atomic E-state index is -0.133. The van der Waals surface area contributed by atoms with Crippen LogP contribution in [-0.4, -0.2) is 0 Å². The molecule has 2 rings (SSSR count). The average molecular weight is 192 g/mol. The quantitative estimate of drug-likeness (QED) is 0.556. The topological polar surface area (TPSA) is 3.88 Å². The van der Waals surface area contributed by atoms with E-state index in [1.54, 1.807) is 6.07 Å². The minimum absolute atomic E-state index is 0.123. The molecule has 0 aliphatic carbocycles. The molecule has 0 saturated heterocycles. The predicted molar refractivity (Wildman–Crippen MR) is 54.0 cm³/mol. The Morgan fingerprint density at radius 2 is 2.07 bits per heavy atom. The number of fused-ring (bicyclic) bond motifs is 1. The minimum Gasteiger partial charge on any atom is -0.200 e. The third-order valence-corrected chi connectivity index (χ3v) is 2.68. The van der Waals surface area contributed by atoms with E-state index in [0.717, 1.165) is 6.54 Å². The van der Waals surface area contributed by atoms with Crippen LogP contribution >= 0.6 is 0 Å². The van der Waals surface area contributed by atoms with Gasteiger partial charge in [-0.05, 0) is 11.5 Å². The highest BCUT2D eigenvalue weighted by atomic mass is 19.1. The van der Waals surface area contributed by atoms with Gasteiger partial charge in [0.1, 0.15) is 0 Å². The van der Waals surface area contributed by atoms with Crippen LogP contribution in [0.1, 0.15) is 26.5 Å². The zero-order chi connectivity index (χ0) is 10.3. The van der Waals surface area contributed by atoms with Gasteiger partial charge in [0.15, 0.2) is 18.6 Å². The van der Waals surface area contributed by atoms with E-state index in [4.69, 9.17) is 0 Å². The second kappa shape index (κ2) is 2.91. The molecule has 74 valence electrons.